The van der Waals surface area contributed by atoms with Gasteiger partial charge in [0.1, 0.15) is 0 Å². The minimum absolute atomic E-state index is 1.11. The van der Waals surface area contributed by atoms with E-state index in [2.05, 4.69) is 62.1 Å². The highest BCUT2D eigenvalue weighted by Crippen LogP contribution is 2.15. The SMILES string of the molecule is CCCN(CCC)C(=Cc1ccccc1)CC. The fourth-order valence-corrected chi connectivity index (χ4v) is 2.10. The molecule has 0 atom stereocenters. The van der Waals surface area contributed by atoms with Crippen LogP contribution in [-0.2, 0) is 0 Å². The van der Waals surface area contributed by atoms with E-state index in [1.807, 2.05) is 0 Å². The monoisotopic (exact) mass is 231 g/mol. The van der Waals surface area contributed by atoms with Crippen LogP contribution in [0.2, 0.25) is 0 Å². The van der Waals surface area contributed by atoms with Crippen LogP contribution in [0.3, 0.4) is 0 Å². The third-order valence-corrected chi connectivity index (χ3v) is 2.89. The Balaban J connectivity index is 2.83. The summed E-state index contributed by atoms with van der Waals surface area (Å²) < 4.78 is 0. The van der Waals surface area contributed by atoms with Gasteiger partial charge in [-0.05, 0) is 30.9 Å². The minimum atomic E-state index is 1.11. The first-order chi connectivity index (χ1) is 8.31. The van der Waals surface area contributed by atoms with E-state index in [0.29, 0.717) is 0 Å². The van der Waals surface area contributed by atoms with E-state index in [0.717, 1.165) is 6.42 Å². The topological polar surface area (TPSA) is 3.24 Å². The van der Waals surface area contributed by atoms with E-state index < -0.39 is 0 Å². The van der Waals surface area contributed by atoms with Crippen LogP contribution >= 0.6 is 0 Å². The standard InChI is InChI=1S/C16H25N/c1-4-12-17(13-5-2)16(6-3)14-15-10-8-7-9-11-15/h7-11,14H,4-6,12-13H2,1-3H3. The minimum Gasteiger partial charge on any atom is -0.375 e. The van der Waals surface area contributed by atoms with E-state index in [4.69, 9.17) is 0 Å². The highest BCUT2D eigenvalue weighted by molar-refractivity contribution is 5.52. The molecule has 0 spiro atoms. The lowest BCUT2D eigenvalue weighted by atomic mass is 10.1. The summed E-state index contributed by atoms with van der Waals surface area (Å²) in [5.74, 6) is 0. The molecular formula is C16H25N. The van der Waals surface area contributed by atoms with Gasteiger partial charge in [0.25, 0.3) is 0 Å². The van der Waals surface area contributed by atoms with Crippen LogP contribution in [-0.4, -0.2) is 18.0 Å². The van der Waals surface area contributed by atoms with Crippen molar-refractivity contribution in [3.8, 4) is 0 Å². The first-order valence-electron chi connectivity index (χ1n) is 6.82. The largest absolute Gasteiger partial charge is 0.375 e. The molecule has 0 fully saturated rings. The van der Waals surface area contributed by atoms with E-state index in [1.165, 1.54) is 37.2 Å². The van der Waals surface area contributed by atoms with Gasteiger partial charge in [-0.3, -0.25) is 0 Å². The van der Waals surface area contributed by atoms with Crippen molar-refractivity contribution >= 4 is 6.08 Å². The van der Waals surface area contributed by atoms with Crippen molar-refractivity contribution in [3.63, 3.8) is 0 Å². The Hall–Kier alpha value is -1.24. The molecule has 1 aromatic carbocycles. The number of hydrogen-bond donors (Lipinski definition) is 0. The van der Waals surface area contributed by atoms with E-state index in [-0.39, 0.29) is 0 Å². The maximum Gasteiger partial charge on any atom is 0.0172 e. The summed E-state index contributed by atoms with van der Waals surface area (Å²) in [5, 5.41) is 0. The van der Waals surface area contributed by atoms with Gasteiger partial charge < -0.3 is 4.90 Å². The molecule has 0 N–H and O–H groups in total. The van der Waals surface area contributed by atoms with Crippen molar-refractivity contribution in [3.05, 3.63) is 41.6 Å². The van der Waals surface area contributed by atoms with E-state index >= 15 is 0 Å². The Morgan fingerprint density at radius 2 is 1.59 bits per heavy atom. The Morgan fingerprint density at radius 1 is 1.00 bits per heavy atom. The molecule has 1 nitrogen and oxygen atoms in total. The fraction of sp³-hybridized carbons (Fsp3) is 0.500. The summed E-state index contributed by atoms with van der Waals surface area (Å²) in [5.41, 5.74) is 2.77. The lowest BCUT2D eigenvalue weighted by molar-refractivity contribution is 0.338. The van der Waals surface area contributed by atoms with E-state index in [9.17, 15) is 0 Å². The molecule has 17 heavy (non-hydrogen) atoms. The van der Waals surface area contributed by atoms with Crippen molar-refractivity contribution in [2.24, 2.45) is 0 Å². The van der Waals surface area contributed by atoms with Gasteiger partial charge in [0.2, 0.25) is 0 Å². The van der Waals surface area contributed by atoms with Gasteiger partial charge in [0.15, 0.2) is 0 Å². The number of hydrogen-bond acceptors (Lipinski definition) is 1. The summed E-state index contributed by atoms with van der Waals surface area (Å²) in [6.07, 6.45) is 5.86. The third-order valence-electron chi connectivity index (χ3n) is 2.89. The first-order valence-corrected chi connectivity index (χ1v) is 6.82. The number of allylic oxidation sites excluding steroid dienone is 1. The zero-order valence-corrected chi connectivity index (χ0v) is 11.4. The summed E-state index contributed by atoms with van der Waals surface area (Å²) in [6, 6.07) is 10.6. The Bertz CT molecular complexity index is 321. The molecular weight excluding hydrogens is 206 g/mol. The number of nitrogens with zero attached hydrogens (tertiary/aromatic N) is 1. The van der Waals surface area contributed by atoms with Crippen LogP contribution in [0.25, 0.3) is 6.08 Å². The molecule has 0 heterocycles. The molecule has 0 saturated carbocycles. The van der Waals surface area contributed by atoms with Gasteiger partial charge in [0, 0.05) is 18.8 Å². The highest BCUT2D eigenvalue weighted by Gasteiger charge is 2.05. The summed E-state index contributed by atoms with van der Waals surface area (Å²) in [4.78, 5) is 2.52. The van der Waals surface area contributed by atoms with Gasteiger partial charge in [-0.1, -0.05) is 51.1 Å². The van der Waals surface area contributed by atoms with Gasteiger partial charge in [-0.25, -0.2) is 0 Å². The summed E-state index contributed by atoms with van der Waals surface area (Å²) in [7, 11) is 0. The van der Waals surface area contributed by atoms with Crippen LogP contribution in [0.4, 0.5) is 0 Å². The Morgan fingerprint density at radius 3 is 2.06 bits per heavy atom. The predicted octanol–water partition coefficient (Wildman–Crippen LogP) is 4.56. The second-order valence-electron chi connectivity index (χ2n) is 4.39. The molecule has 0 aliphatic rings. The molecule has 0 bridgehead atoms. The molecule has 0 aliphatic carbocycles. The lowest BCUT2D eigenvalue weighted by Crippen LogP contribution is -2.24. The van der Waals surface area contributed by atoms with Crippen molar-refractivity contribution in [1.82, 2.24) is 4.90 Å². The van der Waals surface area contributed by atoms with Crippen LogP contribution < -0.4 is 0 Å². The summed E-state index contributed by atoms with van der Waals surface area (Å²) >= 11 is 0. The lowest BCUT2D eigenvalue weighted by Gasteiger charge is -2.26. The molecule has 1 heteroatoms. The van der Waals surface area contributed by atoms with Crippen LogP contribution in [0.15, 0.2) is 36.0 Å². The highest BCUT2D eigenvalue weighted by atomic mass is 15.1. The van der Waals surface area contributed by atoms with Gasteiger partial charge in [0.05, 0.1) is 0 Å². The molecule has 1 rings (SSSR count). The molecule has 94 valence electrons. The smallest absolute Gasteiger partial charge is 0.0172 e. The maximum atomic E-state index is 2.52. The maximum absolute atomic E-state index is 2.52. The molecule has 0 unspecified atom stereocenters. The molecule has 0 saturated heterocycles. The number of benzene rings is 1. The fourth-order valence-electron chi connectivity index (χ4n) is 2.10. The average Bonchev–Trinajstić information content (AvgIpc) is 2.37. The Labute approximate surface area is 106 Å². The second-order valence-corrected chi connectivity index (χ2v) is 4.39. The van der Waals surface area contributed by atoms with Crippen LogP contribution in [0.1, 0.15) is 45.6 Å². The average molecular weight is 231 g/mol. The zero-order valence-electron chi connectivity index (χ0n) is 11.4. The summed E-state index contributed by atoms with van der Waals surface area (Å²) in [6.45, 7) is 9.07. The Kier molecular flexibility index (Phi) is 6.46. The second kappa shape index (κ2) is 7.94. The van der Waals surface area contributed by atoms with Gasteiger partial charge >= 0.3 is 0 Å². The van der Waals surface area contributed by atoms with Crippen molar-refractivity contribution in [2.45, 2.75) is 40.0 Å². The predicted molar refractivity (Wildman–Crippen MR) is 76.9 cm³/mol. The van der Waals surface area contributed by atoms with Gasteiger partial charge in [-0.15, -0.1) is 0 Å². The van der Waals surface area contributed by atoms with Crippen LogP contribution in [0, 0.1) is 0 Å². The molecule has 0 radical (unpaired) electrons. The number of rotatable bonds is 7. The van der Waals surface area contributed by atoms with E-state index in [1.54, 1.807) is 0 Å². The molecule has 0 amide bonds. The molecule has 1 aromatic rings. The third kappa shape index (κ3) is 4.64. The van der Waals surface area contributed by atoms with Gasteiger partial charge in [-0.2, -0.15) is 0 Å². The first kappa shape index (κ1) is 13.8. The van der Waals surface area contributed by atoms with Crippen molar-refractivity contribution in [1.29, 1.82) is 0 Å². The zero-order chi connectivity index (χ0) is 12.5. The van der Waals surface area contributed by atoms with Crippen molar-refractivity contribution in [2.75, 3.05) is 13.1 Å². The molecule has 0 aromatic heterocycles. The quantitative estimate of drug-likeness (QED) is 0.665. The normalized spacial score (nSPS) is 11.6. The van der Waals surface area contributed by atoms with Crippen LogP contribution in [0.5, 0.6) is 0 Å². The van der Waals surface area contributed by atoms with Crippen molar-refractivity contribution < 1.29 is 0 Å². The molecule has 0 aliphatic heterocycles.